The molecular formula is C13H14ClF2N5. The normalized spacial score (nSPS) is 14.7. The van der Waals surface area contributed by atoms with Crippen LogP contribution in [0.1, 0.15) is 37.0 Å². The fourth-order valence-corrected chi connectivity index (χ4v) is 2.26. The molecule has 1 aliphatic carbocycles. The van der Waals surface area contributed by atoms with Crippen LogP contribution in [0.5, 0.6) is 0 Å². The molecule has 1 fully saturated rings. The summed E-state index contributed by atoms with van der Waals surface area (Å²) >= 11 is 6.01. The van der Waals surface area contributed by atoms with Gasteiger partial charge in [0.2, 0.25) is 0 Å². The molecule has 0 radical (unpaired) electrons. The second-order valence-corrected chi connectivity index (χ2v) is 5.45. The SMILES string of the molecule is CN(Cc1nccn1C(F)F)c1cc(Cl)nc(C2CC2)n1. The Morgan fingerprint density at radius 3 is 2.86 bits per heavy atom. The number of hydrogen-bond donors (Lipinski definition) is 0. The van der Waals surface area contributed by atoms with E-state index in [2.05, 4.69) is 15.0 Å². The standard InChI is InChI=1S/C13H14ClF2N5/c1-20(7-11-17-4-5-21(11)13(15)16)10-6-9(14)18-12(19-10)8-2-3-8/h4-6,8,13H,2-3,7H2,1H3. The Balaban J connectivity index is 1.81. The van der Waals surface area contributed by atoms with Crippen LogP contribution in [0.3, 0.4) is 0 Å². The van der Waals surface area contributed by atoms with Gasteiger partial charge in [-0.25, -0.2) is 15.0 Å². The molecular weight excluding hydrogens is 300 g/mol. The van der Waals surface area contributed by atoms with E-state index in [1.807, 2.05) is 0 Å². The van der Waals surface area contributed by atoms with Crippen LogP contribution in [0.25, 0.3) is 0 Å². The van der Waals surface area contributed by atoms with E-state index in [0.717, 1.165) is 23.2 Å². The second kappa shape index (κ2) is 5.55. The Kier molecular flexibility index (Phi) is 3.75. The van der Waals surface area contributed by atoms with Crippen LogP contribution >= 0.6 is 11.6 Å². The van der Waals surface area contributed by atoms with Gasteiger partial charge in [-0.15, -0.1) is 0 Å². The molecule has 0 amide bonds. The summed E-state index contributed by atoms with van der Waals surface area (Å²) in [6, 6.07) is 1.63. The molecule has 8 heteroatoms. The van der Waals surface area contributed by atoms with Crippen LogP contribution < -0.4 is 4.90 Å². The van der Waals surface area contributed by atoms with Gasteiger partial charge in [-0.1, -0.05) is 11.6 Å². The zero-order valence-corrected chi connectivity index (χ0v) is 12.1. The molecule has 3 rings (SSSR count). The molecule has 0 bridgehead atoms. The molecule has 0 saturated heterocycles. The highest BCUT2D eigenvalue weighted by Crippen LogP contribution is 2.39. The summed E-state index contributed by atoms with van der Waals surface area (Å²) in [5.41, 5.74) is 0. The second-order valence-electron chi connectivity index (χ2n) is 5.07. The van der Waals surface area contributed by atoms with Crippen molar-refractivity contribution in [2.45, 2.75) is 31.9 Å². The first-order chi connectivity index (χ1) is 10.0. The zero-order chi connectivity index (χ0) is 15.0. The average Bonchev–Trinajstić information content (AvgIpc) is 3.18. The van der Waals surface area contributed by atoms with Crippen LogP contribution in [0.2, 0.25) is 5.15 Å². The molecule has 21 heavy (non-hydrogen) atoms. The van der Waals surface area contributed by atoms with Crippen LogP contribution in [0.15, 0.2) is 18.5 Å². The largest absolute Gasteiger partial charge is 0.352 e. The maximum Gasteiger partial charge on any atom is 0.319 e. The van der Waals surface area contributed by atoms with Crippen molar-refractivity contribution < 1.29 is 8.78 Å². The van der Waals surface area contributed by atoms with Crippen LogP contribution in [0, 0.1) is 0 Å². The van der Waals surface area contributed by atoms with Crippen molar-refractivity contribution in [3.8, 4) is 0 Å². The van der Waals surface area contributed by atoms with Crippen molar-refractivity contribution in [1.82, 2.24) is 19.5 Å². The van der Waals surface area contributed by atoms with Gasteiger partial charge in [0.25, 0.3) is 0 Å². The Morgan fingerprint density at radius 2 is 2.19 bits per heavy atom. The lowest BCUT2D eigenvalue weighted by atomic mass is 10.4. The summed E-state index contributed by atoms with van der Waals surface area (Å²) in [6.45, 7) is -2.39. The fraction of sp³-hybridized carbons (Fsp3) is 0.462. The van der Waals surface area contributed by atoms with Crippen LogP contribution in [-0.4, -0.2) is 26.6 Å². The number of nitrogens with zero attached hydrogens (tertiary/aromatic N) is 5. The van der Waals surface area contributed by atoms with Gasteiger partial charge in [-0.2, -0.15) is 8.78 Å². The predicted octanol–water partition coefficient (Wildman–Crippen LogP) is 3.24. The van der Waals surface area contributed by atoms with Crippen molar-refractivity contribution in [1.29, 1.82) is 0 Å². The minimum atomic E-state index is -2.60. The molecule has 112 valence electrons. The Morgan fingerprint density at radius 1 is 1.43 bits per heavy atom. The van der Waals surface area contributed by atoms with E-state index >= 15 is 0 Å². The van der Waals surface area contributed by atoms with Gasteiger partial charge in [-0.05, 0) is 12.8 Å². The van der Waals surface area contributed by atoms with E-state index in [0.29, 0.717) is 16.9 Å². The van der Waals surface area contributed by atoms with Gasteiger partial charge in [0.1, 0.15) is 22.6 Å². The minimum absolute atomic E-state index is 0.217. The van der Waals surface area contributed by atoms with Gasteiger partial charge >= 0.3 is 6.55 Å². The third kappa shape index (κ3) is 3.12. The van der Waals surface area contributed by atoms with Gasteiger partial charge in [0.05, 0.1) is 6.54 Å². The summed E-state index contributed by atoms with van der Waals surface area (Å²) in [4.78, 5) is 14.4. The quantitative estimate of drug-likeness (QED) is 0.795. The first-order valence-electron chi connectivity index (χ1n) is 6.60. The third-order valence-electron chi connectivity index (χ3n) is 3.37. The summed E-state index contributed by atoms with van der Waals surface area (Å²) in [7, 11) is 1.76. The molecule has 0 unspecified atom stereocenters. The van der Waals surface area contributed by atoms with Crippen molar-refractivity contribution in [3.05, 3.63) is 35.3 Å². The average molecular weight is 314 g/mol. The Bertz CT molecular complexity index is 641. The smallest absolute Gasteiger partial charge is 0.319 e. The summed E-state index contributed by atoms with van der Waals surface area (Å²) in [5, 5.41) is 0.367. The minimum Gasteiger partial charge on any atom is -0.352 e. The highest BCUT2D eigenvalue weighted by molar-refractivity contribution is 6.29. The zero-order valence-electron chi connectivity index (χ0n) is 11.4. The van der Waals surface area contributed by atoms with E-state index in [1.165, 1.54) is 12.4 Å². The van der Waals surface area contributed by atoms with Crippen molar-refractivity contribution in [3.63, 3.8) is 0 Å². The van der Waals surface area contributed by atoms with Crippen molar-refractivity contribution in [2.75, 3.05) is 11.9 Å². The maximum absolute atomic E-state index is 12.8. The van der Waals surface area contributed by atoms with E-state index in [4.69, 9.17) is 11.6 Å². The van der Waals surface area contributed by atoms with Gasteiger partial charge in [-0.3, -0.25) is 4.57 Å². The topological polar surface area (TPSA) is 46.8 Å². The fourth-order valence-electron chi connectivity index (χ4n) is 2.08. The van der Waals surface area contributed by atoms with E-state index in [9.17, 15) is 8.78 Å². The maximum atomic E-state index is 12.8. The lowest BCUT2D eigenvalue weighted by Gasteiger charge is -2.19. The molecule has 1 aliphatic rings. The number of halogens is 3. The highest BCUT2D eigenvalue weighted by atomic mass is 35.5. The molecule has 0 spiro atoms. The number of anilines is 1. The number of hydrogen-bond acceptors (Lipinski definition) is 4. The molecule has 0 aromatic carbocycles. The molecule has 1 saturated carbocycles. The predicted molar refractivity (Wildman–Crippen MR) is 74.6 cm³/mol. The summed E-state index contributed by atoms with van der Waals surface area (Å²) in [5.74, 6) is 1.98. The van der Waals surface area contributed by atoms with Crippen molar-refractivity contribution in [2.24, 2.45) is 0 Å². The first kappa shape index (κ1) is 14.2. The van der Waals surface area contributed by atoms with Gasteiger partial charge in [0.15, 0.2) is 0 Å². The molecule has 2 aromatic rings. The Hall–Kier alpha value is -1.76. The van der Waals surface area contributed by atoms with E-state index < -0.39 is 6.55 Å². The van der Waals surface area contributed by atoms with Crippen LogP contribution in [-0.2, 0) is 6.54 Å². The van der Waals surface area contributed by atoms with Gasteiger partial charge in [0, 0.05) is 31.4 Å². The van der Waals surface area contributed by atoms with Crippen molar-refractivity contribution >= 4 is 17.4 Å². The summed E-state index contributed by atoms with van der Waals surface area (Å²) < 4.78 is 26.5. The lowest BCUT2D eigenvalue weighted by Crippen LogP contribution is -2.21. The highest BCUT2D eigenvalue weighted by Gasteiger charge is 2.27. The first-order valence-corrected chi connectivity index (χ1v) is 6.98. The number of imidazole rings is 1. The molecule has 0 aliphatic heterocycles. The third-order valence-corrected chi connectivity index (χ3v) is 3.56. The number of rotatable bonds is 5. The van der Waals surface area contributed by atoms with Crippen LogP contribution in [0.4, 0.5) is 14.6 Å². The Labute approximate surface area is 125 Å². The number of alkyl halides is 2. The van der Waals surface area contributed by atoms with Gasteiger partial charge < -0.3 is 4.90 Å². The van der Waals surface area contributed by atoms with E-state index in [-0.39, 0.29) is 12.4 Å². The molecule has 0 N–H and O–H groups in total. The molecule has 0 atom stereocenters. The molecule has 2 heterocycles. The molecule has 5 nitrogen and oxygen atoms in total. The summed E-state index contributed by atoms with van der Waals surface area (Å²) in [6.07, 6.45) is 4.76. The lowest BCUT2D eigenvalue weighted by molar-refractivity contribution is 0.0670. The molecule has 2 aromatic heterocycles. The number of aromatic nitrogens is 4. The monoisotopic (exact) mass is 313 g/mol. The van der Waals surface area contributed by atoms with E-state index in [1.54, 1.807) is 18.0 Å².